The van der Waals surface area contributed by atoms with E-state index in [1.165, 1.54) is 6.07 Å². The lowest BCUT2D eigenvalue weighted by molar-refractivity contribution is -0.387. The van der Waals surface area contributed by atoms with Crippen LogP contribution in [0.4, 0.5) is 20.6 Å². The molecule has 0 fully saturated rings. The number of carbonyl (C=O) groups excluding carboxylic acids is 2. The lowest BCUT2D eigenvalue weighted by atomic mass is 9.98. The lowest BCUT2D eigenvalue weighted by Crippen LogP contribution is -2.47. The van der Waals surface area contributed by atoms with Gasteiger partial charge in [-0.1, -0.05) is 50.6 Å². The molecule has 154 valence electrons. The summed E-state index contributed by atoms with van der Waals surface area (Å²) in [5, 5.41) is 15.9. The van der Waals surface area contributed by atoms with E-state index >= 15 is 0 Å². The van der Waals surface area contributed by atoms with Crippen LogP contribution in [0.15, 0.2) is 48.5 Å². The molecule has 2 atom stereocenters. The molecule has 0 aliphatic carbocycles. The number of anilines is 1. The Hall–Kier alpha value is -3.49. The van der Waals surface area contributed by atoms with Crippen LogP contribution in [-0.2, 0) is 16.1 Å². The highest BCUT2D eigenvalue weighted by Crippen LogP contribution is 2.22. The van der Waals surface area contributed by atoms with Gasteiger partial charge in [-0.3, -0.25) is 14.9 Å². The van der Waals surface area contributed by atoms with Crippen molar-refractivity contribution in [2.45, 2.75) is 32.9 Å². The molecule has 2 rings (SSSR count). The minimum Gasteiger partial charge on any atom is -0.445 e. The van der Waals surface area contributed by atoms with Gasteiger partial charge in [0.05, 0.1) is 4.92 Å². The van der Waals surface area contributed by atoms with Gasteiger partial charge in [-0.25, -0.2) is 4.79 Å². The van der Waals surface area contributed by atoms with E-state index in [-0.39, 0.29) is 18.2 Å². The van der Waals surface area contributed by atoms with Gasteiger partial charge in [0.25, 0.3) is 0 Å². The number of rotatable bonds is 8. The molecule has 0 radical (unpaired) electrons. The van der Waals surface area contributed by atoms with Gasteiger partial charge >= 0.3 is 11.8 Å². The predicted molar refractivity (Wildman–Crippen MR) is 105 cm³/mol. The Morgan fingerprint density at radius 3 is 2.52 bits per heavy atom. The standard InChI is InChI=1S/C20H22FN3O5/c1-3-13(2)18(23-20(26)29-12-14-7-5-4-6-8-14)19(25)22-15-9-10-16(21)17(11-15)24(27)28/h4-11,13,18H,3,12H2,1-2H3,(H,22,25)(H,23,26)/t13-,18-/m0/s1. The Morgan fingerprint density at radius 1 is 1.21 bits per heavy atom. The summed E-state index contributed by atoms with van der Waals surface area (Å²) < 4.78 is 18.6. The summed E-state index contributed by atoms with van der Waals surface area (Å²) in [5.74, 6) is -1.83. The first kappa shape index (κ1) is 21.8. The van der Waals surface area contributed by atoms with Crippen molar-refractivity contribution >= 4 is 23.4 Å². The normalized spacial score (nSPS) is 12.5. The second kappa shape index (κ2) is 10.2. The third kappa shape index (κ3) is 6.27. The van der Waals surface area contributed by atoms with Gasteiger partial charge in [-0.05, 0) is 23.6 Å². The van der Waals surface area contributed by atoms with Crippen molar-refractivity contribution < 1.29 is 23.6 Å². The van der Waals surface area contributed by atoms with Crippen LogP contribution in [0.1, 0.15) is 25.8 Å². The Morgan fingerprint density at radius 2 is 1.90 bits per heavy atom. The zero-order chi connectivity index (χ0) is 21.4. The van der Waals surface area contributed by atoms with Gasteiger partial charge in [0.2, 0.25) is 11.7 Å². The van der Waals surface area contributed by atoms with E-state index in [0.717, 1.165) is 17.7 Å². The van der Waals surface area contributed by atoms with Crippen LogP contribution >= 0.6 is 0 Å². The molecule has 0 bridgehead atoms. The molecule has 0 saturated carbocycles. The number of nitro groups is 1. The summed E-state index contributed by atoms with van der Waals surface area (Å²) in [4.78, 5) is 34.8. The molecule has 0 unspecified atom stereocenters. The number of nitro benzene ring substituents is 1. The molecule has 0 aliphatic heterocycles. The van der Waals surface area contributed by atoms with Gasteiger partial charge in [0.1, 0.15) is 12.6 Å². The minimum atomic E-state index is -1.01. The molecule has 0 saturated heterocycles. The third-order valence-corrected chi connectivity index (χ3v) is 4.39. The molecule has 0 spiro atoms. The van der Waals surface area contributed by atoms with Crippen LogP contribution in [0.2, 0.25) is 0 Å². The number of alkyl carbamates (subject to hydrolysis) is 1. The van der Waals surface area contributed by atoms with Crippen molar-refractivity contribution in [1.82, 2.24) is 5.32 Å². The fourth-order valence-electron chi connectivity index (χ4n) is 2.54. The summed E-state index contributed by atoms with van der Waals surface area (Å²) in [6.07, 6.45) is -0.181. The van der Waals surface area contributed by atoms with Crippen molar-refractivity contribution in [3.05, 3.63) is 70.0 Å². The second-order valence-corrected chi connectivity index (χ2v) is 6.48. The fourth-order valence-corrected chi connectivity index (χ4v) is 2.54. The summed E-state index contributed by atoms with van der Waals surface area (Å²) in [7, 11) is 0. The van der Waals surface area contributed by atoms with Crippen LogP contribution in [0.25, 0.3) is 0 Å². The van der Waals surface area contributed by atoms with Crippen LogP contribution < -0.4 is 10.6 Å². The van der Waals surface area contributed by atoms with E-state index in [1.54, 1.807) is 19.1 Å². The van der Waals surface area contributed by atoms with Crippen LogP contribution in [0, 0.1) is 21.8 Å². The van der Waals surface area contributed by atoms with Crippen LogP contribution in [0.3, 0.4) is 0 Å². The van der Waals surface area contributed by atoms with E-state index in [9.17, 15) is 24.1 Å². The topological polar surface area (TPSA) is 111 Å². The first-order valence-corrected chi connectivity index (χ1v) is 9.03. The highest BCUT2D eigenvalue weighted by Gasteiger charge is 2.27. The SMILES string of the molecule is CC[C@H](C)[C@H](NC(=O)OCc1ccccc1)C(=O)Nc1ccc(F)c([N+](=O)[O-])c1. The van der Waals surface area contributed by atoms with Gasteiger partial charge in [-0.2, -0.15) is 4.39 Å². The van der Waals surface area contributed by atoms with Gasteiger partial charge < -0.3 is 15.4 Å². The van der Waals surface area contributed by atoms with Gasteiger partial charge in [-0.15, -0.1) is 0 Å². The molecular weight excluding hydrogens is 381 g/mol. The highest BCUT2D eigenvalue weighted by atomic mass is 19.1. The highest BCUT2D eigenvalue weighted by molar-refractivity contribution is 5.97. The molecule has 0 aromatic heterocycles. The zero-order valence-electron chi connectivity index (χ0n) is 16.1. The molecule has 2 aromatic carbocycles. The summed E-state index contributed by atoms with van der Waals surface area (Å²) in [6.45, 7) is 3.67. The largest absolute Gasteiger partial charge is 0.445 e. The number of nitrogens with one attached hydrogen (secondary N) is 2. The maximum atomic E-state index is 13.5. The molecule has 2 N–H and O–H groups in total. The van der Waals surface area contributed by atoms with E-state index in [4.69, 9.17) is 4.74 Å². The molecule has 0 heterocycles. The predicted octanol–water partition coefficient (Wildman–Crippen LogP) is 4.01. The van der Waals surface area contributed by atoms with Gasteiger partial charge in [0, 0.05) is 11.8 Å². The monoisotopic (exact) mass is 403 g/mol. The van der Waals surface area contributed by atoms with Crippen LogP contribution in [-0.4, -0.2) is 23.0 Å². The third-order valence-electron chi connectivity index (χ3n) is 4.39. The number of halogens is 1. The van der Waals surface area contributed by atoms with Crippen molar-refractivity contribution in [3.8, 4) is 0 Å². The Balaban J connectivity index is 2.05. The smallest absolute Gasteiger partial charge is 0.408 e. The van der Waals surface area contributed by atoms with Crippen LogP contribution in [0.5, 0.6) is 0 Å². The summed E-state index contributed by atoms with van der Waals surface area (Å²) in [5.41, 5.74) is 0.0970. The number of nitrogens with zero attached hydrogens (tertiary/aromatic N) is 1. The first-order valence-electron chi connectivity index (χ1n) is 9.03. The first-order chi connectivity index (χ1) is 13.8. The van der Waals surface area contributed by atoms with Crippen molar-refractivity contribution in [2.75, 3.05) is 5.32 Å². The van der Waals surface area contributed by atoms with Crippen molar-refractivity contribution in [3.63, 3.8) is 0 Å². The molecule has 0 aliphatic rings. The number of ether oxygens (including phenoxy) is 1. The molecule has 2 amide bonds. The maximum Gasteiger partial charge on any atom is 0.408 e. The van der Waals surface area contributed by atoms with Crippen molar-refractivity contribution in [2.24, 2.45) is 5.92 Å². The number of carbonyl (C=O) groups is 2. The molecule has 29 heavy (non-hydrogen) atoms. The second-order valence-electron chi connectivity index (χ2n) is 6.48. The number of hydrogen-bond donors (Lipinski definition) is 2. The number of benzene rings is 2. The van der Waals surface area contributed by atoms with E-state index in [2.05, 4.69) is 10.6 Å². The van der Waals surface area contributed by atoms with E-state index in [1.807, 2.05) is 25.1 Å². The minimum absolute atomic E-state index is 0.0473. The molecule has 2 aromatic rings. The summed E-state index contributed by atoms with van der Waals surface area (Å²) in [6, 6.07) is 11.2. The Labute approximate surface area is 167 Å². The quantitative estimate of drug-likeness (QED) is 0.511. The zero-order valence-corrected chi connectivity index (χ0v) is 16.1. The fraction of sp³-hybridized carbons (Fsp3) is 0.300. The molecule has 8 nitrogen and oxygen atoms in total. The average Bonchev–Trinajstić information content (AvgIpc) is 2.71. The van der Waals surface area contributed by atoms with Gasteiger partial charge in [0.15, 0.2) is 0 Å². The van der Waals surface area contributed by atoms with E-state index in [0.29, 0.717) is 6.42 Å². The average molecular weight is 403 g/mol. The maximum absolute atomic E-state index is 13.5. The Bertz CT molecular complexity index is 876. The molecular formula is C20H22FN3O5. The lowest BCUT2D eigenvalue weighted by Gasteiger charge is -2.23. The Kier molecular flexibility index (Phi) is 7.64. The van der Waals surface area contributed by atoms with E-state index < -0.39 is 34.5 Å². The number of hydrogen-bond acceptors (Lipinski definition) is 5. The number of amides is 2. The summed E-state index contributed by atoms with van der Waals surface area (Å²) >= 11 is 0. The van der Waals surface area contributed by atoms with Crippen molar-refractivity contribution in [1.29, 1.82) is 0 Å². The molecule has 9 heteroatoms.